The van der Waals surface area contributed by atoms with Crippen LogP contribution in [0.1, 0.15) is 9.67 Å². The van der Waals surface area contributed by atoms with E-state index in [2.05, 4.69) is 4.98 Å². The molecule has 1 aromatic carbocycles. The first-order chi connectivity index (χ1) is 11.3. The highest BCUT2D eigenvalue weighted by molar-refractivity contribution is 7.14. The fourth-order valence-electron chi connectivity index (χ4n) is 2.13. The number of rotatable bonds is 6. The molecule has 0 atom stereocenters. The Bertz CT molecular complexity index is 754. The molecule has 2 aromatic heterocycles. The van der Waals surface area contributed by atoms with Crippen molar-refractivity contribution in [3.05, 3.63) is 58.1 Å². The van der Waals surface area contributed by atoms with E-state index in [-0.39, 0.29) is 5.91 Å². The molecule has 0 radical (unpaired) electrons. The largest absolute Gasteiger partial charge is 0.383 e. The quantitative estimate of drug-likeness (QED) is 0.674. The number of amides is 1. The normalized spacial score (nSPS) is 10.7. The maximum absolute atomic E-state index is 12.7. The van der Waals surface area contributed by atoms with E-state index >= 15 is 0 Å². The van der Waals surface area contributed by atoms with Crippen molar-refractivity contribution in [3.8, 4) is 11.3 Å². The third kappa shape index (κ3) is 3.67. The number of nitrogens with zero attached hydrogens (tertiary/aromatic N) is 2. The molecule has 0 unspecified atom stereocenters. The molecule has 0 fully saturated rings. The van der Waals surface area contributed by atoms with Crippen molar-refractivity contribution in [2.75, 3.05) is 25.2 Å². The third-order valence-corrected chi connectivity index (χ3v) is 5.01. The molecule has 6 heteroatoms. The number of thiophene rings is 1. The van der Waals surface area contributed by atoms with Crippen LogP contribution in [-0.2, 0) is 4.74 Å². The summed E-state index contributed by atoms with van der Waals surface area (Å²) in [4.78, 5) is 19.7. The Balaban J connectivity index is 1.88. The van der Waals surface area contributed by atoms with E-state index in [0.717, 1.165) is 11.3 Å². The number of carbonyl (C=O) groups excluding carboxylic acids is 1. The van der Waals surface area contributed by atoms with E-state index in [4.69, 9.17) is 4.74 Å². The van der Waals surface area contributed by atoms with Crippen molar-refractivity contribution in [1.82, 2.24) is 4.98 Å². The number of aromatic nitrogens is 1. The lowest BCUT2D eigenvalue weighted by atomic mass is 10.2. The third-order valence-electron chi connectivity index (χ3n) is 3.29. The molecular weight excluding hydrogens is 328 g/mol. The van der Waals surface area contributed by atoms with Crippen LogP contribution in [0.5, 0.6) is 0 Å². The van der Waals surface area contributed by atoms with Crippen molar-refractivity contribution < 1.29 is 9.53 Å². The zero-order valence-corrected chi connectivity index (χ0v) is 14.3. The van der Waals surface area contributed by atoms with Crippen molar-refractivity contribution in [1.29, 1.82) is 0 Å². The molecule has 118 valence electrons. The van der Waals surface area contributed by atoms with Gasteiger partial charge in [-0.05, 0) is 11.4 Å². The average Bonchev–Trinajstić information content (AvgIpc) is 3.28. The Morgan fingerprint density at radius 2 is 2.00 bits per heavy atom. The zero-order valence-electron chi connectivity index (χ0n) is 12.6. The Hall–Kier alpha value is -2.02. The Morgan fingerprint density at radius 3 is 2.70 bits per heavy atom. The minimum Gasteiger partial charge on any atom is -0.383 e. The number of hydrogen-bond donors (Lipinski definition) is 0. The van der Waals surface area contributed by atoms with E-state index in [1.807, 2.05) is 53.2 Å². The minimum atomic E-state index is -0.0361. The van der Waals surface area contributed by atoms with Gasteiger partial charge in [0.25, 0.3) is 5.91 Å². The lowest BCUT2D eigenvalue weighted by molar-refractivity contribution is 0.0980. The van der Waals surface area contributed by atoms with Gasteiger partial charge in [0.05, 0.1) is 23.7 Å². The molecule has 0 bridgehead atoms. The fraction of sp³-hybridized carbons (Fsp3) is 0.176. The predicted octanol–water partition coefficient (Wildman–Crippen LogP) is 4.16. The van der Waals surface area contributed by atoms with E-state index in [0.29, 0.717) is 23.2 Å². The summed E-state index contributed by atoms with van der Waals surface area (Å²) in [7, 11) is 1.63. The highest BCUT2D eigenvalue weighted by atomic mass is 32.1. The van der Waals surface area contributed by atoms with Crippen LogP contribution in [-0.4, -0.2) is 31.2 Å². The van der Waals surface area contributed by atoms with E-state index < -0.39 is 0 Å². The lowest BCUT2D eigenvalue weighted by Crippen LogP contribution is -2.33. The van der Waals surface area contributed by atoms with Gasteiger partial charge in [0.2, 0.25) is 0 Å². The first-order valence-corrected chi connectivity index (χ1v) is 8.91. The Morgan fingerprint density at radius 1 is 1.17 bits per heavy atom. The number of ether oxygens (including phenoxy) is 1. The van der Waals surface area contributed by atoms with Crippen molar-refractivity contribution in [2.24, 2.45) is 0 Å². The molecule has 0 saturated carbocycles. The molecule has 0 aliphatic carbocycles. The summed E-state index contributed by atoms with van der Waals surface area (Å²) < 4.78 is 5.14. The van der Waals surface area contributed by atoms with Crippen LogP contribution in [0.15, 0.2) is 53.2 Å². The summed E-state index contributed by atoms with van der Waals surface area (Å²) in [6.45, 7) is 0.951. The van der Waals surface area contributed by atoms with Gasteiger partial charge in [-0.25, -0.2) is 4.98 Å². The van der Waals surface area contributed by atoms with Crippen LogP contribution in [0.4, 0.5) is 5.13 Å². The smallest absolute Gasteiger partial charge is 0.270 e. The molecule has 0 spiro atoms. The van der Waals surface area contributed by atoms with Gasteiger partial charge in [0.1, 0.15) is 0 Å². The van der Waals surface area contributed by atoms with Gasteiger partial charge in [-0.15, -0.1) is 22.7 Å². The molecule has 0 saturated heterocycles. The van der Waals surface area contributed by atoms with Gasteiger partial charge in [0, 0.05) is 18.1 Å². The Labute approximate surface area is 143 Å². The number of methoxy groups -OCH3 is 1. The van der Waals surface area contributed by atoms with Gasteiger partial charge >= 0.3 is 0 Å². The molecule has 1 amide bonds. The van der Waals surface area contributed by atoms with E-state index in [9.17, 15) is 4.79 Å². The van der Waals surface area contributed by atoms with E-state index in [1.54, 1.807) is 12.0 Å². The van der Waals surface area contributed by atoms with Crippen LogP contribution in [0, 0.1) is 0 Å². The van der Waals surface area contributed by atoms with Crippen LogP contribution in [0.3, 0.4) is 0 Å². The highest BCUT2D eigenvalue weighted by Gasteiger charge is 2.21. The maximum atomic E-state index is 12.7. The van der Waals surface area contributed by atoms with Gasteiger partial charge in [-0.2, -0.15) is 0 Å². The molecule has 3 aromatic rings. The lowest BCUT2D eigenvalue weighted by Gasteiger charge is -2.18. The van der Waals surface area contributed by atoms with Crippen LogP contribution in [0.25, 0.3) is 11.3 Å². The Kier molecular flexibility index (Phi) is 5.17. The molecule has 3 rings (SSSR count). The highest BCUT2D eigenvalue weighted by Crippen LogP contribution is 2.28. The zero-order chi connectivity index (χ0) is 16.1. The summed E-state index contributed by atoms with van der Waals surface area (Å²) >= 11 is 2.91. The monoisotopic (exact) mass is 344 g/mol. The number of benzene rings is 1. The van der Waals surface area contributed by atoms with Gasteiger partial charge in [-0.1, -0.05) is 36.4 Å². The van der Waals surface area contributed by atoms with Gasteiger partial charge < -0.3 is 4.74 Å². The van der Waals surface area contributed by atoms with Gasteiger partial charge in [-0.3, -0.25) is 9.69 Å². The van der Waals surface area contributed by atoms with Crippen molar-refractivity contribution in [3.63, 3.8) is 0 Å². The summed E-state index contributed by atoms with van der Waals surface area (Å²) in [5.74, 6) is -0.0361. The van der Waals surface area contributed by atoms with Crippen molar-refractivity contribution in [2.45, 2.75) is 0 Å². The summed E-state index contributed by atoms with van der Waals surface area (Å²) in [6.07, 6.45) is 0. The summed E-state index contributed by atoms with van der Waals surface area (Å²) in [5.41, 5.74) is 1.93. The second kappa shape index (κ2) is 7.50. The molecule has 0 N–H and O–H groups in total. The second-order valence-electron chi connectivity index (χ2n) is 4.81. The molecule has 4 nitrogen and oxygen atoms in total. The molecular formula is C17H16N2O2S2. The number of hydrogen-bond acceptors (Lipinski definition) is 5. The second-order valence-corrected chi connectivity index (χ2v) is 6.59. The molecule has 2 heterocycles. The first kappa shape index (κ1) is 15.9. The summed E-state index contributed by atoms with van der Waals surface area (Å²) in [5, 5.41) is 4.57. The SMILES string of the molecule is COCCN(C(=O)c1cccs1)c1nc(-c2ccccc2)cs1. The predicted molar refractivity (Wildman–Crippen MR) is 95.4 cm³/mol. The molecule has 0 aliphatic heterocycles. The topological polar surface area (TPSA) is 42.4 Å². The summed E-state index contributed by atoms with van der Waals surface area (Å²) in [6, 6.07) is 13.7. The maximum Gasteiger partial charge on any atom is 0.270 e. The fourth-order valence-corrected chi connectivity index (χ4v) is 3.66. The molecule has 23 heavy (non-hydrogen) atoms. The first-order valence-electron chi connectivity index (χ1n) is 7.15. The van der Waals surface area contributed by atoms with Crippen LogP contribution < -0.4 is 4.90 Å². The van der Waals surface area contributed by atoms with Gasteiger partial charge in [0.15, 0.2) is 5.13 Å². The number of anilines is 1. The van der Waals surface area contributed by atoms with Crippen LogP contribution in [0.2, 0.25) is 0 Å². The standard InChI is InChI=1S/C17H16N2O2S2/c1-21-10-9-19(16(20)15-8-5-11-22-15)17-18-14(12-23-17)13-6-3-2-4-7-13/h2-8,11-12H,9-10H2,1H3. The van der Waals surface area contributed by atoms with Crippen LogP contribution >= 0.6 is 22.7 Å². The number of carbonyl (C=O) groups is 1. The average molecular weight is 344 g/mol. The van der Waals surface area contributed by atoms with Crippen molar-refractivity contribution >= 4 is 33.7 Å². The minimum absolute atomic E-state index is 0.0361. The number of thiazole rings is 1. The van der Waals surface area contributed by atoms with E-state index in [1.165, 1.54) is 22.7 Å². The molecule has 0 aliphatic rings.